The highest BCUT2D eigenvalue weighted by Gasteiger charge is 2.38. The van der Waals surface area contributed by atoms with Gasteiger partial charge in [-0.25, -0.2) is 0 Å². The molecule has 0 atom stereocenters. The van der Waals surface area contributed by atoms with Gasteiger partial charge in [0.15, 0.2) is 0 Å². The summed E-state index contributed by atoms with van der Waals surface area (Å²) in [6.45, 7) is 4.72. The van der Waals surface area contributed by atoms with Gasteiger partial charge in [-0.3, -0.25) is 0 Å². The molecule has 0 heterocycles. The van der Waals surface area contributed by atoms with Crippen LogP contribution < -0.4 is 4.90 Å². The Morgan fingerprint density at radius 1 is 0.409 bits per heavy atom. The van der Waals surface area contributed by atoms with E-state index in [9.17, 15) is 0 Å². The van der Waals surface area contributed by atoms with Crippen molar-refractivity contribution in [3.8, 4) is 44.5 Å². The lowest BCUT2D eigenvalue weighted by molar-refractivity contribution is 0.660. The predicted octanol–water partition coefficient (Wildman–Crippen LogP) is 11.9. The van der Waals surface area contributed by atoms with E-state index in [1.54, 1.807) is 0 Å². The molecule has 0 aliphatic heterocycles. The van der Waals surface area contributed by atoms with E-state index in [-0.39, 0.29) is 5.41 Å². The minimum Gasteiger partial charge on any atom is -0.309 e. The first-order chi connectivity index (χ1) is 21.6. The van der Waals surface area contributed by atoms with Crippen LogP contribution >= 0.6 is 0 Å². The van der Waals surface area contributed by atoms with Gasteiger partial charge in [-0.2, -0.15) is 0 Å². The molecule has 0 saturated heterocycles. The third-order valence-corrected chi connectivity index (χ3v) is 9.81. The molecular weight excluding hydrogens is 530 g/mol. The quantitative estimate of drug-likeness (QED) is 0.207. The number of fused-ring (bicyclic) bond motifs is 6. The molecule has 0 fully saturated rings. The van der Waals surface area contributed by atoms with Crippen LogP contribution in [-0.4, -0.2) is 0 Å². The minimum absolute atomic E-state index is 0.0787. The maximum absolute atomic E-state index is 2.51. The monoisotopic (exact) mass is 561 g/mol. The predicted molar refractivity (Wildman–Crippen MR) is 186 cm³/mol. The number of rotatable bonds is 4. The summed E-state index contributed by atoms with van der Waals surface area (Å²) in [4.78, 5) is 2.51. The van der Waals surface area contributed by atoms with Crippen LogP contribution in [0, 0.1) is 0 Å². The Bertz CT molecular complexity index is 2240. The second-order valence-corrected chi connectivity index (χ2v) is 12.5. The molecule has 1 nitrogen and oxygen atoms in total. The lowest BCUT2D eigenvalue weighted by atomic mass is 9.82. The van der Waals surface area contributed by atoms with Crippen LogP contribution in [0.4, 0.5) is 17.1 Å². The molecule has 208 valence electrons. The Morgan fingerprint density at radius 3 is 1.84 bits per heavy atom. The highest BCUT2D eigenvalue weighted by molar-refractivity contribution is 6.20. The number of nitrogens with zero attached hydrogens (tertiary/aromatic N) is 1. The Hall–Kier alpha value is -5.40. The van der Waals surface area contributed by atoms with Crippen LogP contribution in [0.1, 0.15) is 25.0 Å². The van der Waals surface area contributed by atoms with Crippen molar-refractivity contribution >= 4 is 27.8 Å². The SMILES string of the molecule is CC1(C)c2ccccc2-c2c(N(c3ccc(-c4ccccc4)cc3)c3ccc4cccc5c4c3-c3ccccc3-5)cccc21. The Morgan fingerprint density at radius 2 is 1.02 bits per heavy atom. The van der Waals surface area contributed by atoms with Crippen molar-refractivity contribution in [2.75, 3.05) is 4.90 Å². The van der Waals surface area contributed by atoms with Gasteiger partial charge in [-0.05, 0) is 79.5 Å². The van der Waals surface area contributed by atoms with E-state index < -0.39 is 0 Å². The van der Waals surface area contributed by atoms with E-state index in [0.717, 1.165) is 5.69 Å². The summed E-state index contributed by atoms with van der Waals surface area (Å²) in [7, 11) is 0. The molecule has 0 spiro atoms. The number of hydrogen-bond acceptors (Lipinski definition) is 1. The fraction of sp³-hybridized carbons (Fsp3) is 0.0698. The van der Waals surface area contributed by atoms with E-state index in [1.807, 2.05) is 0 Å². The normalized spacial score (nSPS) is 13.4. The lowest BCUT2D eigenvalue weighted by Crippen LogP contribution is -2.16. The summed E-state index contributed by atoms with van der Waals surface area (Å²) < 4.78 is 0. The maximum Gasteiger partial charge on any atom is 0.0547 e. The largest absolute Gasteiger partial charge is 0.309 e. The van der Waals surface area contributed by atoms with Crippen LogP contribution in [0.5, 0.6) is 0 Å². The van der Waals surface area contributed by atoms with E-state index in [1.165, 1.54) is 77.8 Å². The molecule has 0 aromatic heterocycles. The fourth-order valence-electron chi connectivity index (χ4n) is 7.75. The molecule has 0 radical (unpaired) electrons. The fourth-order valence-corrected chi connectivity index (χ4v) is 7.75. The molecule has 7 aromatic rings. The van der Waals surface area contributed by atoms with E-state index >= 15 is 0 Å². The van der Waals surface area contributed by atoms with Crippen LogP contribution in [0.2, 0.25) is 0 Å². The maximum atomic E-state index is 2.51. The lowest BCUT2D eigenvalue weighted by Gasteiger charge is -2.30. The van der Waals surface area contributed by atoms with Crippen molar-refractivity contribution in [1.29, 1.82) is 0 Å². The first kappa shape index (κ1) is 25.1. The third kappa shape index (κ3) is 3.47. The Balaban J connectivity index is 1.35. The summed E-state index contributed by atoms with van der Waals surface area (Å²) in [6, 6.07) is 55.8. The summed E-state index contributed by atoms with van der Waals surface area (Å²) >= 11 is 0. The Labute approximate surface area is 258 Å². The third-order valence-electron chi connectivity index (χ3n) is 9.81. The van der Waals surface area contributed by atoms with E-state index in [0.29, 0.717) is 0 Å². The van der Waals surface area contributed by atoms with Gasteiger partial charge in [-0.15, -0.1) is 0 Å². The molecule has 0 amide bonds. The van der Waals surface area contributed by atoms with Crippen LogP contribution in [0.3, 0.4) is 0 Å². The number of benzene rings is 7. The molecule has 0 bridgehead atoms. The number of hydrogen-bond donors (Lipinski definition) is 0. The highest BCUT2D eigenvalue weighted by atomic mass is 15.1. The molecule has 0 unspecified atom stereocenters. The van der Waals surface area contributed by atoms with Gasteiger partial charge in [0.2, 0.25) is 0 Å². The van der Waals surface area contributed by atoms with Gasteiger partial charge in [0.25, 0.3) is 0 Å². The summed E-state index contributed by atoms with van der Waals surface area (Å²) in [5.41, 5.74) is 16.6. The second kappa shape index (κ2) is 9.30. The minimum atomic E-state index is -0.0787. The first-order valence-electron chi connectivity index (χ1n) is 15.5. The zero-order chi connectivity index (χ0) is 29.4. The van der Waals surface area contributed by atoms with Crippen LogP contribution in [-0.2, 0) is 5.41 Å². The van der Waals surface area contributed by atoms with E-state index in [2.05, 4.69) is 170 Å². The van der Waals surface area contributed by atoms with Crippen molar-refractivity contribution in [3.63, 3.8) is 0 Å². The van der Waals surface area contributed by atoms with Gasteiger partial charge in [0.05, 0.1) is 11.4 Å². The zero-order valence-electron chi connectivity index (χ0n) is 24.9. The molecule has 0 N–H and O–H groups in total. The number of anilines is 3. The van der Waals surface area contributed by atoms with Gasteiger partial charge in [-0.1, -0.05) is 141 Å². The van der Waals surface area contributed by atoms with Gasteiger partial charge >= 0.3 is 0 Å². The first-order valence-corrected chi connectivity index (χ1v) is 15.5. The zero-order valence-corrected chi connectivity index (χ0v) is 24.9. The summed E-state index contributed by atoms with van der Waals surface area (Å²) in [6.07, 6.45) is 0. The highest BCUT2D eigenvalue weighted by Crippen LogP contribution is 2.57. The van der Waals surface area contributed by atoms with Gasteiger partial charge < -0.3 is 4.90 Å². The standard InChI is InChI=1S/C43H31N/c1-43(2)36-19-9-8-17-35(36)41-37(43)20-11-21-38(41)44(31-25-22-29(23-26-31)28-12-4-3-5-13-28)39-27-24-30-14-10-18-33-32-15-6-7-16-34(32)42(39)40(30)33/h3-27H,1-2H3. The second-order valence-electron chi connectivity index (χ2n) is 12.5. The molecule has 1 heteroatoms. The molecule has 7 aromatic carbocycles. The average molecular weight is 562 g/mol. The Kier molecular flexibility index (Phi) is 5.31. The van der Waals surface area contributed by atoms with Crippen molar-refractivity contribution in [2.45, 2.75) is 19.3 Å². The van der Waals surface area contributed by atoms with Gasteiger partial charge in [0, 0.05) is 22.2 Å². The molecule has 2 aliphatic rings. The van der Waals surface area contributed by atoms with Crippen molar-refractivity contribution in [3.05, 3.63) is 163 Å². The molecular formula is C43H31N. The van der Waals surface area contributed by atoms with Crippen LogP contribution in [0.15, 0.2) is 152 Å². The average Bonchev–Trinajstić information content (AvgIpc) is 3.54. The molecule has 0 saturated carbocycles. The molecule has 2 aliphatic carbocycles. The summed E-state index contributed by atoms with van der Waals surface area (Å²) in [5.74, 6) is 0. The van der Waals surface area contributed by atoms with Gasteiger partial charge in [0.1, 0.15) is 0 Å². The van der Waals surface area contributed by atoms with Crippen LogP contribution in [0.25, 0.3) is 55.3 Å². The smallest absolute Gasteiger partial charge is 0.0547 e. The van der Waals surface area contributed by atoms with Crippen molar-refractivity contribution < 1.29 is 0 Å². The van der Waals surface area contributed by atoms with Crippen molar-refractivity contribution in [1.82, 2.24) is 0 Å². The van der Waals surface area contributed by atoms with E-state index in [4.69, 9.17) is 0 Å². The topological polar surface area (TPSA) is 3.24 Å². The molecule has 44 heavy (non-hydrogen) atoms. The molecule has 9 rings (SSSR count). The summed E-state index contributed by atoms with van der Waals surface area (Å²) in [5, 5.41) is 2.62. The van der Waals surface area contributed by atoms with Crippen molar-refractivity contribution in [2.24, 2.45) is 0 Å².